The largest absolute Gasteiger partial charge is 0.477 e. The lowest BCUT2D eigenvalue weighted by atomic mass is 9.97. The van der Waals surface area contributed by atoms with Crippen LogP contribution in [0.4, 0.5) is 8.78 Å². The second-order valence-electron chi connectivity index (χ2n) is 8.39. The fourth-order valence-corrected chi connectivity index (χ4v) is 3.67. The molecule has 0 aliphatic rings. The van der Waals surface area contributed by atoms with E-state index >= 15 is 0 Å². The first-order valence-corrected chi connectivity index (χ1v) is 11.7. The van der Waals surface area contributed by atoms with Crippen LogP contribution < -0.4 is 0 Å². The Morgan fingerprint density at radius 3 is 1.51 bits per heavy atom. The van der Waals surface area contributed by atoms with Crippen molar-refractivity contribution in [3.05, 3.63) is 120 Å². The number of rotatable bonds is 15. The number of aliphatic carboxylic acids is 1. The minimum atomic E-state index is -4.51. The van der Waals surface area contributed by atoms with Gasteiger partial charge in [0.1, 0.15) is 18.3 Å². The number of halogens is 2. The van der Waals surface area contributed by atoms with E-state index in [-0.39, 0.29) is 19.8 Å². The maximum absolute atomic E-state index is 14.6. The Hall–Kier alpha value is -3.43. The molecule has 3 aromatic rings. The minimum Gasteiger partial charge on any atom is -0.477 e. The predicted molar refractivity (Wildman–Crippen MR) is 134 cm³/mol. The molecule has 37 heavy (non-hydrogen) atoms. The van der Waals surface area contributed by atoms with E-state index in [2.05, 4.69) is 6.58 Å². The van der Waals surface area contributed by atoms with Crippen LogP contribution in [0.2, 0.25) is 0 Å². The maximum Gasteiger partial charge on any atom is 0.377 e. The van der Waals surface area contributed by atoms with E-state index in [1.807, 2.05) is 36.4 Å². The third kappa shape index (κ3) is 8.03. The van der Waals surface area contributed by atoms with Gasteiger partial charge in [-0.3, -0.25) is 0 Å². The summed E-state index contributed by atoms with van der Waals surface area (Å²) in [6.45, 7) is 3.66. The van der Waals surface area contributed by atoms with Crippen molar-refractivity contribution in [1.82, 2.24) is 0 Å². The van der Waals surface area contributed by atoms with Crippen LogP contribution in [0, 0.1) is 0 Å². The van der Waals surface area contributed by atoms with Crippen LogP contribution in [0.5, 0.6) is 0 Å². The molecule has 0 spiro atoms. The van der Waals surface area contributed by atoms with Gasteiger partial charge in [-0.1, -0.05) is 97.1 Å². The van der Waals surface area contributed by atoms with E-state index in [1.54, 1.807) is 54.6 Å². The van der Waals surface area contributed by atoms with Crippen molar-refractivity contribution in [2.24, 2.45) is 0 Å². The van der Waals surface area contributed by atoms with Crippen LogP contribution in [0.1, 0.15) is 16.7 Å². The van der Waals surface area contributed by atoms with Gasteiger partial charge in [0.2, 0.25) is 0 Å². The van der Waals surface area contributed by atoms with Crippen molar-refractivity contribution in [3.63, 3.8) is 0 Å². The second-order valence-corrected chi connectivity index (χ2v) is 8.39. The summed E-state index contributed by atoms with van der Waals surface area (Å²) < 4.78 is 46.9. The molecule has 2 N–H and O–H groups in total. The number of alkyl halides is 2. The molecule has 0 bridgehead atoms. The van der Waals surface area contributed by atoms with Crippen LogP contribution in [-0.4, -0.2) is 46.5 Å². The summed E-state index contributed by atoms with van der Waals surface area (Å²) in [6.07, 6.45) is -5.51. The van der Waals surface area contributed by atoms with Crippen LogP contribution >= 0.6 is 0 Å². The molecule has 6 nitrogen and oxygen atoms in total. The van der Waals surface area contributed by atoms with Crippen molar-refractivity contribution in [2.45, 2.75) is 50.2 Å². The summed E-state index contributed by atoms with van der Waals surface area (Å²) in [5.41, 5.74) is 2.19. The van der Waals surface area contributed by atoms with Crippen LogP contribution in [0.25, 0.3) is 0 Å². The number of hydrogen-bond donors (Lipinski definition) is 2. The molecule has 0 radical (unpaired) electrons. The monoisotopic (exact) mass is 512 g/mol. The molecule has 0 unspecified atom stereocenters. The molecule has 3 aromatic carbocycles. The first-order chi connectivity index (χ1) is 17.8. The summed E-state index contributed by atoms with van der Waals surface area (Å²) >= 11 is 0. The summed E-state index contributed by atoms with van der Waals surface area (Å²) in [6, 6.07) is 26.8. The fraction of sp³-hybridized carbons (Fsp3) is 0.276. The average Bonchev–Trinajstić information content (AvgIpc) is 2.92. The van der Waals surface area contributed by atoms with Crippen LogP contribution in [-0.2, 0) is 38.8 Å². The summed E-state index contributed by atoms with van der Waals surface area (Å²) in [4.78, 5) is 11.3. The normalized spacial score (nSPS) is 14.9. The first-order valence-electron chi connectivity index (χ1n) is 11.7. The highest BCUT2D eigenvalue weighted by molar-refractivity contribution is 5.76. The van der Waals surface area contributed by atoms with Crippen molar-refractivity contribution in [3.8, 4) is 0 Å². The van der Waals surface area contributed by atoms with Gasteiger partial charge >= 0.3 is 11.9 Å². The number of ether oxygens (including phenoxy) is 3. The molecule has 0 saturated carbocycles. The first kappa shape index (κ1) is 28.1. The van der Waals surface area contributed by atoms with Gasteiger partial charge < -0.3 is 24.4 Å². The molecule has 0 amide bonds. The Labute approximate surface area is 214 Å². The predicted octanol–water partition coefficient (Wildman–Crippen LogP) is 5.01. The number of benzene rings is 3. The summed E-state index contributed by atoms with van der Waals surface area (Å²) in [5, 5.41) is 19.8. The third-order valence-electron chi connectivity index (χ3n) is 5.70. The standard InChI is InChI=1S/C29H30F2O6/c1-2-24(35-18-21-12-6-3-7-13-21)25(36-19-22-14-8-4-9-15-22)26(27(32)29(30,31)28(33)34)37-20-23-16-10-5-11-17-23/h2-17,24-27,32H,1,18-20H2,(H,33,34)/t24-,25-,26+,27-/m0/s1. The molecule has 3 rings (SSSR count). The molecule has 0 fully saturated rings. The maximum atomic E-state index is 14.6. The number of aliphatic hydroxyl groups is 1. The molecule has 0 aromatic heterocycles. The van der Waals surface area contributed by atoms with Gasteiger partial charge in [0, 0.05) is 0 Å². The van der Waals surface area contributed by atoms with E-state index in [0.29, 0.717) is 5.56 Å². The highest BCUT2D eigenvalue weighted by Gasteiger charge is 2.54. The van der Waals surface area contributed by atoms with Crippen LogP contribution in [0.3, 0.4) is 0 Å². The molecule has 0 aliphatic heterocycles. The fourth-order valence-electron chi connectivity index (χ4n) is 3.67. The van der Waals surface area contributed by atoms with Crippen molar-refractivity contribution in [2.75, 3.05) is 0 Å². The van der Waals surface area contributed by atoms with Gasteiger partial charge in [0.25, 0.3) is 0 Å². The number of carboxylic acids is 1. The topological polar surface area (TPSA) is 85.2 Å². The van der Waals surface area contributed by atoms with E-state index in [9.17, 15) is 18.7 Å². The molecule has 0 heterocycles. The Balaban J connectivity index is 1.92. The average molecular weight is 513 g/mol. The molecule has 0 aliphatic carbocycles. The van der Waals surface area contributed by atoms with Gasteiger partial charge in [-0.15, -0.1) is 6.58 Å². The molecular formula is C29H30F2O6. The Morgan fingerprint density at radius 2 is 1.14 bits per heavy atom. The lowest BCUT2D eigenvalue weighted by molar-refractivity contribution is -0.226. The zero-order chi connectivity index (χ0) is 26.7. The molecule has 8 heteroatoms. The number of hydrogen-bond acceptors (Lipinski definition) is 5. The zero-order valence-electron chi connectivity index (χ0n) is 20.2. The number of carbonyl (C=O) groups is 1. The quantitative estimate of drug-likeness (QED) is 0.279. The molecular weight excluding hydrogens is 482 g/mol. The van der Waals surface area contributed by atoms with E-state index in [4.69, 9.17) is 19.3 Å². The van der Waals surface area contributed by atoms with Crippen LogP contribution in [0.15, 0.2) is 104 Å². The summed E-state index contributed by atoms with van der Waals surface area (Å²) in [7, 11) is 0. The van der Waals surface area contributed by atoms with E-state index in [0.717, 1.165) is 11.1 Å². The van der Waals surface area contributed by atoms with Gasteiger partial charge in [-0.05, 0) is 16.7 Å². The van der Waals surface area contributed by atoms with E-state index in [1.165, 1.54) is 6.08 Å². The Morgan fingerprint density at radius 1 is 0.757 bits per heavy atom. The Bertz CT molecular complexity index is 1100. The molecule has 4 atom stereocenters. The van der Waals surface area contributed by atoms with Gasteiger partial charge in [0.05, 0.1) is 19.8 Å². The van der Waals surface area contributed by atoms with Crippen molar-refractivity contribution >= 4 is 5.97 Å². The highest BCUT2D eigenvalue weighted by atomic mass is 19.3. The zero-order valence-corrected chi connectivity index (χ0v) is 20.2. The van der Waals surface area contributed by atoms with Crippen molar-refractivity contribution < 1.29 is 38.0 Å². The van der Waals surface area contributed by atoms with Gasteiger partial charge in [0.15, 0.2) is 6.10 Å². The molecule has 0 saturated heterocycles. The Kier molecular flexibility index (Phi) is 10.5. The summed E-state index contributed by atoms with van der Waals surface area (Å²) in [5.74, 6) is -6.99. The van der Waals surface area contributed by atoms with Gasteiger partial charge in [-0.2, -0.15) is 8.78 Å². The number of aliphatic hydroxyl groups excluding tert-OH is 1. The minimum absolute atomic E-state index is 0.0267. The van der Waals surface area contributed by atoms with E-state index < -0.39 is 36.3 Å². The third-order valence-corrected chi connectivity index (χ3v) is 5.70. The lowest BCUT2D eigenvalue weighted by Crippen LogP contribution is -2.56. The number of carboxylic acid groups (broad SMARTS) is 1. The second kappa shape index (κ2) is 13.8. The highest BCUT2D eigenvalue weighted by Crippen LogP contribution is 2.29. The molecule has 196 valence electrons. The van der Waals surface area contributed by atoms with Gasteiger partial charge in [-0.25, -0.2) is 4.79 Å². The lowest BCUT2D eigenvalue weighted by Gasteiger charge is -2.36. The van der Waals surface area contributed by atoms with Crippen molar-refractivity contribution in [1.29, 1.82) is 0 Å². The SMILES string of the molecule is C=C[C@H](OCc1ccccc1)[C@H](OCc1ccccc1)[C@@H](OCc1ccccc1)[C@H](O)C(F)(F)C(=O)O. The smallest absolute Gasteiger partial charge is 0.377 e.